The Morgan fingerprint density at radius 1 is 1.32 bits per heavy atom. The summed E-state index contributed by atoms with van der Waals surface area (Å²) in [6, 6.07) is 9.81. The summed E-state index contributed by atoms with van der Waals surface area (Å²) in [6.07, 6.45) is 3.17. The van der Waals surface area contributed by atoms with Crippen LogP contribution < -0.4 is 5.32 Å². The van der Waals surface area contributed by atoms with Crippen molar-refractivity contribution in [2.75, 3.05) is 11.3 Å². The number of carboxylic acids is 1. The average molecular weight is 317 g/mol. The predicted octanol–water partition coefficient (Wildman–Crippen LogP) is 3.80. The van der Waals surface area contributed by atoms with Gasteiger partial charge in [0.25, 0.3) is 0 Å². The molecule has 2 N–H and O–H groups in total. The molecule has 0 radical (unpaired) electrons. The highest BCUT2D eigenvalue weighted by Crippen LogP contribution is 2.31. The summed E-state index contributed by atoms with van der Waals surface area (Å²) in [5.41, 5.74) is 1.53. The SMILES string of the molecule is O=C(O)c1ccc2cncn2c1Nc1ccccc1SCF. The van der Waals surface area contributed by atoms with Crippen LogP contribution in [0.15, 0.2) is 53.8 Å². The van der Waals surface area contributed by atoms with E-state index in [0.29, 0.717) is 16.4 Å². The van der Waals surface area contributed by atoms with E-state index in [1.807, 2.05) is 0 Å². The van der Waals surface area contributed by atoms with Gasteiger partial charge in [0.2, 0.25) is 0 Å². The lowest BCUT2D eigenvalue weighted by molar-refractivity contribution is 0.0697. The quantitative estimate of drug-likeness (QED) is 0.701. The van der Waals surface area contributed by atoms with E-state index in [-0.39, 0.29) is 5.56 Å². The summed E-state index contributed by atoms with van der Waals surface area (Å²) in [4.78, 5) is 16.2. The number of para-hydroxylation sites is 1. The second-order valence-electron chi connectivity index (χ2n) is 4.46. The zero-order valence-corrected chi connectivity index (χ0v) is 12.2. The molecule has 2 aromatic heterocycles. The van der Waals surface area contributed by atoms with E-state index in [0.717, 1.165) is 17.3 Å². The lowest BCUT2D eigenvalue weighted by Crippen LogP contribution is -2.07. The van der Waals surface area contributed by atoms with E-state index in [1.165, 1.54) is 12.4 Å². The molecule has 5 nitrogen and oxygen atoms in total. The Morgan fingerprint density at radius 2 is 2.14 bits per heavy atom. The molecule has 0 fully saturated rings. The first-order chi connectivity index (χ1) is 10.7. The fraction of sp³-hybridized carbons (Fsp3) is 0.0667. The molecule has 0 saturated heterocycles. The monoisotopic (exact) mass is 317 g/mol. The molecule has 0 aliphatic heterocycles. The molecule has 0 atom stereocenters. The summed E-state index contributed by atoms with van der Waals surface area (Å²) < 4.78 is 14.3. The molecule has 3 aromatic rings. The van der Waals surface area contributed by atoms with Crippen LogP contribution in [-0.4, -0.2) is 26.5 Å². The van der Waals surface area contributed by atoms with Gasteiger partial charge in [0.05, 0.1) is 17.4 Å². The van der Waals surface area contributed by atoms with Gasteiger partial charge in [0.1, 0.15) is 23.7 Å². The normalized spacial score (nSPS) is 10.8. The summed E-state index contributed by atoms with van der Waals surface area (Å²) >= 11 is 1.04. The van der Waals surface area contributed by atoms with E-state index in [1.54, 1.807) is 40.9 Å². The average Bonchev–Trinajstić information content (AvgIpc) is 2.98. The van der Waals surface area contributed by atoms with E-state index >= 15 is 0 Å². The molecule has 0 aliphatic carbocycles. The fourth-order valence-corrected chi connectivity index (χ4v) is 2.74. The lowest BCUT2D eigenvalue weighted by Gasteiger charge is -2.14. The van der Waals surface area contributed by atoms with E-state index < -0.39 is 12.0 Å². The highest BCUT2D eigenvalue weighted by molar-refractivity contribution is 7.99. The van der Waals surface area contributed by atoms with E-state index in [4.69, 9.17) is 0 Å². The maximum Gasteiger partial charge on any atom is 0.339 e. The Kier molecular flexibility index (Phi) is 3.97. The minimum atomic E-state index is -1.05. The number of nitrogens with zero attached hydrogens (tertiary/aromatic N) is 2. The zero-order chi connectivity index (χ0) is 15.5. The van der Waals surface area contributed by atoms with Crippen molar-refractivity contribution in [2.45, 2.75) is 4.90 Å². The number of anilines is 2. The van der Waals surface area contributed by atoms with Crippen LogP contribution in [0.2, 0.25) is 0 Å². The molecule has 0 aliphatic rings. The van der Waals surface area contributed by atoms with E-state index in [2.05, 4.69) is 10.3 Å². The molecule has 7 heteroatoms. The number of rotatable bonds is 5. The highest BCUT2D eigenvalue weighted by Gasteiger charge is 2.15. The number of thioether (sulfide) groups is 1. The Morgan fingerprint density at radius 3 is 2.91 bits per heavy atom. The molecule has 112 valence electrons. The van der Waals surface area contributed by atoms with Crippen LogP contribution in [0.1, 0.15) is 10.4 Å². The summed E-state index contributed by atoms with van der Waals surface area (Å²) in [5, 5.41) is 12.5. The number of hydrogen-bond acceptors (Lipinski definition) is 4. The Balaban J connectivity index is 2.12. The molecule has 0 unspecified atom stereocenters. The Hall–Kier alpha value is -2.54. The van der Waals surface area contributed by atoms with Crippen LogP contribution in [0, 0.1) is 0 Å². The number of halogens is 1. The molecule has 0 bridgehead atoms. The first-order valence-electron chi connectivity index (χ1n) is 6.44. The maximum absolute atomic E-state index is 12.6. The largest absolute Gasteiger partial charge is 0.478 e. The second-order valence-corrected chi connectivity index (χ2v) is 5.41. The van der Waals surface area contributed by atoms with Gasteiger partial charge in [-0.05, 0) is 24.3 Å². The third-order valence-corrected chi connectivity index (χ3v) is 3.94. The number of nitrogens with one attached hydrogen (secondary N) is 1. The fourth-order valence-electron chi connectivity index (χ4n) is 2.18. The Bertz CT molecular complexity index is 835. The molecule has 0 saturated carbocycles. The smallest absolute Gasteiger partial charge is 0.339 e. The topological polar surface area (TPSA) is 66.6 Å². The van der Waals surface area contributed by atoms with Gasteiger partial charge >= 0.3 is 5.97 Å². The van der Waals surface area contributed by atoms with Crippen LogP contribution in [0.25, 0.3) is 5.52 Å². The van der Waals surface area contributed by atoms with Gasteiger partial charge < -0.3 is 10.4 Å². The first-order valence-corrected chi connectivity index (χ1v) is 7.42. The number of fused-ring (bicyclic) bond motifs is 1. The minimum Gasteiger partial charge on any atom is -0.478 e. The first kappa shape index (κ1) is 14.4. The van der Waals surface area contributed by atoms with Gasteiger partial charge in [-0.1, -0.05) is 23.9 Å². The van der Waals surface area contributed by atoms with Crippen LogP contribution in [-0.2, 0) is 0 Å². The van der Waals surface area contributed by atoms with Gasteiger partial charge in [-0.15, -0.1) is 0 Å². The molecule has 1 aromatic carbocycles. The van der Waals surface area contributed by atoms with Gasteiger partial charge in [0.15, 0.2) is 0 Å². The van der Waals surface area contributed by atoms with E-state index in [9.17, 15) is 14.3 Å². The number of carbonyl (C=O) groups is 1. The van der Waals surface area contributed by atoms with Gasteiger partial charge in [-0.3, -0.25) is 4.40 Å². The molecule has 3 rings (SSSR count). The standard InChI is InChI=1S/C15H12FN3O2S/c16-8-22-13-4-2-1-3-12(13)18-14-11(15(20)21)6-5-10-7-17-9-19(10)14/h1-7,9,18H,8H2,(H,20,21). The number of aromatic carboxylic acids is 1. The summed E-state index contributed by atoms with van der Waals surface area (Å²) in [5.74, 6) is -0.664. The number of carboxylic acid groups (broad SMARTS) is 1. The van der Waals surface area contributed by atoms with Gasteiger partial charge in [0, 0.05) is 4.90 Å². The molecule has 0 amide bonds. The number of alkyl halides is 1. The lowest BCUT2D eigenvalue weighted by atomic mass is 10.2. The number of aromatic nitrogens is 2. The van der Waals surface area contributed by atoms with Crippen LogP contribution in [0.5, 0.6) is 0 Å². The van der Waals surface area contributed by atoms with Gasteiger partial charge in [-0.2, -0.15) is 0 Å². The van der Waals surface area contributed by atoms with Crippen molar-refractivity contribution in [3.8, 4) is 0 Å². The van der Waals surface area contributed by atoms with Crippen molar-refractivity contribution in [1.29, 1.82) is 0 Å². The third-order valence-electron chi connectivity index (χ3n) is 3.16. The zero-order valence-electron chi connectivity index (χ0n) is 11.4. The van der Waals surface area contributed by atoms with Crippen molar-refractivity contribution in [3.05, 3.63) is 54.5 Å². The predicted molar refractivity (Wildman–Crippen MR) is 83.7 cm³/mol. The number of hydrogen-bond donors (Lipinski definition) is 2. The molecular weight excluding hydrogens is 305 g/mol. The van der Waals surface area contributed by atoms with Crippen LogP contribution in [0.4, 0.5) is 15.9 Å². The number of imidazole rings is 1. The van der Waals surface area contributed by atoms with Gasteiger partial charge in [-0.25, -0.2) is 14.2 Å². The second kappa shape index (κ2) is 6.07. The number of pyridine rings is 1. The summed E-state index contributed by atoms with van der Waals surface area (Å²) in [7, 11) is 0. The van der Waals surface area contributed by atoms with Crippen molar-refractivity contribution in [3.63, 3.8) is 0 Å². The van der Waals surface area contributed by atoms with Crippen molar-refractivity contribution < 1.29 is 14.3 Å². The minimum absolute atomic E-state index is 0.116. The number of benzene rings is 1. The van der Waals surface area contributed by atoms with Crippen molar-refractivity contribution in [2.24, 2.45) is 0 Å². The molecule has 0 spiro atoms. The van der Waals surface area contributed by atoms with Crippen LogP contribution in [0.3, 0.4) is 0 Å². The van der Waals surface area contributed by atoms with Crippen molar-refractivity contribution in [1.82, 2.24) is 9.38 Å². The summed E-state index contributed by atoms with van der Waals surface area (Å²) in [6.45, 7) is 0. The maximum atomic E-state index is 12.6. The Labute approximate surface area is 129 Å². The third kappa shape index (κ3) is 2.62. The molecule has 2 heterocycles. The van der Waals surface area contributed by atoms with Crippen molar-refractivity contribution >= 4 is 34.8 Å². The molecule has 22 heavy (non-hydrogen) atoms. The highest BCUT2D eigenvalue weighted by atomic mass is 32.2. The molecular formula is C15H12FN3O2S. The van der Waals surface area contributed by atoms with Crippen LogP contribution >= 0.6 is 11.8 Å².